The molecular formula is C18H38O6Si2. The van der Waals surface area contributed by atoms with Crippen molar-refractivity contribution < 1.29 is 28.5 Å². The average Bonchev–Trinajstić information content (AvgIpc) is 2.39. The normalized spacial score (nSPS) is 13.2. The Morgan fingerprint density at radius 3 is 1.15 bits per heavy atom. The largest absolute Gasteiger partial charge is 0.508 e. The van der Waals surface area contributed by atoms with Gasteiger partial charge in [-0.3, -0.25) is 0 Å². The van der Waals surface area contributed by atoms with Crippen LogP contribution in [-0.4, -0.2) is 52.1 Å². The SMILES string of the molecule is CC(C)(CCC(C)(C)OC(=O)OC[Si](C)(C)C)OC(=O)OC[Si](C)(C)C. The third-order valence-electron chi connectivity index (χ3n) is 3.29. The monoisotopic (exact) mass is 406 g/mol. The molecule has 0 aliphatic rings. The van der Waals surface area contributed by atoms with Gasteiger partial charge in [0.05, 0.1) is 28.6 Å². The van der Waals surface area contributed by atoms with Crippen LogP contribution in [-0.2, 0) is 18.9 Å². The van der Waals surface area contributed by atoms with E-state index in [1.807, 2.05) is 27.7 Å². The van der Waals surface area contributed by atoms with Gasteiger partial charge < -0.3 is 18.9 Å². The molecule has 0 aliphatic heterocycles. The number of hydrogen-bond donors (Lipinski definition) is 0. The molecule has 0 atom stereocenters. The van der Waals surface area contributed by atoms with Crippen molar-refractivity contribution in [2.45, 2.75) is 91.0 Å². The highest BCUT2D eigenvalue weighted by Crippen LogP contribution is 2.26. The van der Waals surface area contributed by atoms with Crippen LogP contribution in [0.25, 0.3) is 0 Å². The van der Waals surface area contributed by atoms with Crippen LogP contribution < -0.4 is 0 Å². The van der Waals surface area contributed by atoms with Gasteiger partial charge in [-0.1, -0.05) is 39.3 Å². The Morgan fingerprint density at radius 1 is 0.654 bits per heavy atom. The first-order valence-corrected chi connectivity index (χ1v) is 16.5. The highest BCUT2D eigenvalue weighted by Gasteiger charge is 2.31. The van der Waals surface area contributed by atoms with Crippen LogP contribution in [0.4, 0.5) is 9.59 Å². The first-order chi connectivity index (χ1) is 11.4. The second-order valence-corrected chi connectivity index (χ2v) is 21.2. The molecule has 0 fully saturated rings. The van der Waals surface area contributed by atoms with E-state index in [9.17, 15) is 9.59 Å². The molecule has 0 aliphatic carbocycles. The molecule has 0 saturated heterocycles. The second-order valence-electron chi connectivity index (χ2n) is 10.4. The van der Waals surface area contributed by atoms with Gasteiger partial charge in [0.2, 0.25) is 0 Å². The lowest BCUT2D eigenvalue weighted by Gasteiger charge is -2.31. The Kier molecular flexibility index (Phi) is 8.89. The van der Waals surface area contributed by atoms with Crippen molar-refractivity contribution in [1.82, 2.24) is 0 Å². The molecule has 0 rings (SSSR count). The summed E-state index contributed by atoms with van der Waals surface area (Å²) in [6.45, 7) is 20.0. The van der Waals surface area contributed by atoms with E-state index in [0.717, 1.165) is 0 Å². The molecule has 0 aromatic carbocycles. The third kappa shape index (κ3) is 14.2. The quantitative estimate of drug-likeness (QED) is 0.378. The fourth-order valence-electron chi connectivity index (χ4n) is 1.77. The van der Waals surface area contributed by atoms with Gasteiger partial charge in [0.1, 0.15) is 11.2 Å². The summed E-state index contributed by atoms with van der Waals surface area (Å²) in [7, 11) is -2.95. The van der Waals surface area contributed by atoms with Crippen molar-refractivity contribution in [3.63, 3.8) is 0 Å². The minimum Gasteiger partial charge on any atom is -0.438 e. The van der Waals surface area contributed by atoms with E-state index in [0.29, 0.717) is 25.3 Å². The zero-order valence-electron chi connectivity index (χ0n) is 18.3. The lowest BCUT2D eigenvalue weighted by molar-refractivity contribution is -0.0459. The molecule has 0 heterocycles. The van der Waals surface area contributed by atoms with Crippen molar-refractivity contribution in [2.24, 2.45) is 0 Å². The fourth-order valence-corrected chi connectivity index (χ4v) is 2.87. The Hall–Kier alpha value is -1.03. The molecule has 0 bridgehead atoms. The maximum absolute atomic E-state index is 11.9. The van der Waals surface area contributed by atoms with Crippen LogP contribution in [0.5, 0.6) is 0 Å². The molecule has 0 unspecified atom stereocenters. The van der Waals surface area contributed by atoms with E-state index in [1.165, 1.54) is 0 Å². The minimum absolute atomic E-state index is 0.430. The maximum Gasteiger partial charge on any atom is 0.508 e. The van der Waals surface area contributed by atoms with Crippen LogP contribution in [0.2, 0.25) is 39.3 Å². The van der Waals surface area contributed by atoms with Crippen molar-refractivity contribution in [2.75, 3.05) is 12.5 Å². The van der Waals surface area contributed by atoms with E-state index in [4.69, 9.17) is 18.9 Å². The van der Waals surface area contributed by atoms with E-state index in [2.05, 4.69) is 39.3 Å². The Labute approximate surface area is 160 Å². The lowest BCUT2D eigenvalue weighted by atomic mass is 9.94. The number of rotatable bonds is 9. The number of hydrogen-bond acceptors (Lipinski definition) is 6. The maximum atomic E-state index is 11.9. The van der Waals surface area contributed by atoms with Crippen LogP contribution >= 0.6 is 0 Å². The standard InChI is InChI=1S/C18H38O6Si2/c1-17(2,23-15(19)21-13-25(5,6)7)11-12-18(3,4)24-16(20)22-14-26(8,9)10/h11-14H2,1-10H3. The van der Waals surface area contributed by atoms with Gasteiger partial charge in [-0.2, -0.15) is 0 Å². The molecular weight excluding hydrogens is 368 g/mol. The van der Waals surface area contributed by atoms with Gasteiger partial charge >= 0.3 is 12.3 Å². The molecule has 0 aromatic rings. The minimum atomic E-state index is -1.48. The molecule has 0 radical (unpaired) electrons. The molecule has 8 heteroatoms. The summed E-state index contributed by atoms with van der Waals surface area (Å²) in [6, 6.07) is 0. The number of ether oxygens (including phenoxy) is 4. The summed E-state index contributed by atoms with van der Waals surface area (Å²) in [4.78, 5) is 23.7. The van der Waals surface area contributed by atoms with Gasteiger partial charge in [0.25, 0.3) is 0 Å². The molecule has 0 aromatic heterocycles. The van der Waals surface area contributed by atoms with E-state index in [1.54, 1.807) is 0 Å². The van der Waals surface area contributed by atoms with Crippen LogP contribution in [0, 0.1) is 0 Å². The van der Waals surface area contributed by atoms with Gasteiger partial charge in [-0.15, -0.1) is 0 Å². The number of carbonyl (C=O) groups excluding carboxylic acids is 2. The summed E-state index contributed by atoms with van der Waals surface area (Å²) in [5, 5.41) is 0. The van der Waals surface area contributed by atoms with Crippen LogP contribution in [0.3, 0.4) is 0 Å². The Morgan fingerprint density at radius 2 is 0.923 bits per heavy atom. The predicted octanol–water partition coefficient (Wildman–Crippen LogP) is 5.39. The van der Waals surface area contributed by atoms with Gasteiger partial charge in [-0.05, 0) is 40.5 Å². The van der Waals surface area contributed by atoms with Crippen molar-refractivity contribution in [3.8, 4) is 0 Å². The van der Waals surface area contributed by atoms with E-state index in [-0.39, 0.29) is 0 Å². The van der Waals surface area contributed by atoms with Gasteiger partial charge in [0, 0.05) is 0 Å². The molecule has 6 nitrogen and oxygen atoms in total. The predicted molar refractivity (Wildman–Crippen MR) is 109 cm³/mol. The molecule has 0 spiro atoms. The fraction of sp³-hybridized carbons (Fsp3) is 0.889. The second kappa shape index (κ2) is 9.26. The summed E-state index contributed by atoms with van der Waals surface area (Å²) < 4.78 is 21.2. The third-order valence-corrected chi connectivity index (χ3v) is 5.32. The van der Waals surface area contributed by atoms with Crippen molar-refractivity contribution >= 4 is 28.5 Å². The van der Waals surface area contributed by atoms with Crippen LogP contribution in [0.1, 0.15) is 40.5 Å². The molecule has 26 heavy (non-hydrogen) atoms. The van der Waals surface area contributed by atoms with Gasteiger partial charge in [0.15, 0.2) is 0 Å². The first-order valence-electron chi connectivity index (χ1n) is 9.12. The van der Waals surface area contributed by atoms with Crippen molar-refractivity contribution in [1.29, 1.82) is 0 Å². The molecule has 0 saturated carbocycles. The summed E-state index contributed by atoms with van der Waals surface area (Å²) in [5.41, 5.74) is -1.42. The van der Waals surface area contributed by atoms with Gasteiger partial charge in [-0.25, -0.2) is 9.59 Å². The zero-order chi connectivity index (χ0) is 20.8. The summed E-state index contributed by atoms with van der Waals surface area (Å²) in [5.74, 6) is 0. The molecule has 154 valence electrons. The first kappa shape index (κ1) is 25.0. The Bertz CT molecular complexity index is 431. The van der Waals surface area contributed by atoms with Crippen LogP contribution in [0.15, 0.2) is 0 Å². The Balaban J connectivity index is 4.40. The lowest BCUT2D eigenvalue weighted by Crippen LogP contribution is -2.37. The van der Waals surface area contributed by atoms with E-state index >= 15 is 0 Å². The topological polar surface area (TPSA) is 71.1 Å². The summed E-state index contributed by atoms with van der Waals surface area (Å²) >= 11 is 0. The molecule has 0 N–H and O–H groups in total. The number of carbonyl (C=O) groups is 2. The van der Waals surface area contributed by atoms with Crippen molar-refractivity contribution in [3.05, 3.63) is 0 Å². The summed E-state index contributed by atoms with van der Waals surface area (Å²) in [6.07, 6.45) is 0.627. The average molecular weight is 407 g/mol. The highest BCUT2D eigenvalue weighted by molar-refractivity contribution is 6.76. The smallest absolute Gasteiger partial charge is 0.438 e. The highest BCUT2D eigenvalue weighted by atomic mass is 28.3. The molecule has 0 amide bonds. The zero-order valence-corrected chi connectivity index (χ0v) is 20.3. The van der Waals surface area contributed by atoms with E-state index < -0.39 is 39.7 Å².